The first-order chi connectivity index (χ1) is 7.70. The summed E-state index contributed by atoms with van der Waals surface area (Å²) < 4.78 is 0. The number of halogens is 2. The molecule has 0 saturated carbocycles. The van der Waals surface area contributed by atoms with E-state index in [0.717, 1.165) is 25.2 Å². The summed E-state index contributed by atoms with van der Waals surface area (Å²) in [6.45, 7) is 6.46. The summed E-state index contributed by atoms with van der Waals surface area (Å²) in [4.78, 5) is 18.3. The Morgan fingerprint density at radius 1 is 1.50 bits per heavy atom. The maximum absolute atomic E-state index is 12.3. The largest absolute Gasteiger partial charge is 0.332 e. The first-order valence-corrected chi connectivity index (χ1v) is 5.63. The molecule has 18 heavy (non-hydrogen) atoms. The smallest absolute Gasteiger partial charge is 0.273 e. The highest BCUT2D eigenvalue weighted by atomic mass is 35.5. The molecule has 1 aliphatic rings. The molecule has 1 aromatic heterocycles. The van der Waals surface area contributed by atoms with Crippen LogP contribution in [-0.4, -0.2) is 41.5 Å². The number of pyridine rings is 1. The second-order valence-corrected chi connectivity index (χ2v) is 4.22. The Hall–Kier alpha value is -0.840. The minimum atomic E-state index is 0. The minimum Gasteiger partial charge on any atom is -0.332 e. The first-order valence-electron chi connectivity index (χ1n) is 5.63. The van der Waals surface area contributed by atoms with Gasteiger partial charge in [0.25, 0.3) is 5.91 Å². The zero-order valence-corrected chi connectivity index (χ0v) is 12.2. The zero-order chi connectivity index (χ0) is 11.5. The number of aryl methyl sites for hydroxylation is 1. The predicted molar refractivity (Wildman–Crippen MR) is 76.8 cm³/mol. The molecule has 2 rings (SSSR count). The van der Waals surface area contributed by atoms with Crippen LogP contribution in [0.5, 0.6) is 0 Å². The number of hydrogen-bond acceptors (Lipinski definition) is 3. The van der Waals surface area contributed by atoms with Crippen molar-refractivity contribution in [2.75, 3.05) is 19.6 Å². The molecule has 1 fully saturated rings. The van der Waals surface area contributed by atoms with Gasteiger partial charge in [-0.3, -0.25) is 9.78 Å². The van der Waals surface area contributed by atoms with Crippen LogP contribution in [0.15, 0.2) is 18.3 Å². The third-order valence-corrected chi connectivity index (χ3v) is 2.97. The van der Waals surface area contributed by atoms with Gasteiger partial charge < -0.3 is 10.2 Å². The fraction of sp³-hybridized carbons (Fsp3) is 0.500. The van der Waals surface area contributed by atoms with Crippen molar-refractivity contribution in [3.8, 4) is 0 Å². The molecule has 6 heteroatoms. The second-order valence-electron chi connectivity index (χ2n) is 4.22. The van der Waals surface area contributed by atoms with Gasteiger partial charge in [-0.25, -0.2) is 0 Å². The molecule has 4 nitrogen and oxygen atoms in total. The fourth-order valence-electron chi connectivity index (χ4n) is 1.99. The van der Waals surface area contributed by atoms with E-state index in [1.807, 2.05) is 24.0 Å². The van der Waals surface area contributed by atoms with E-state index < -0.39 is 0 Å². The molecule has 0 spiro atoms. The van der Waals surface area contributed by atoms with Gasteiger partial charge in [0.05, 0.1) is 0 Å². The summed E-state index contributed by atoms with van der Waals surface area (Å²) in [5, 5.41) is 3.27. The van der Waals surface area contributed by atoms with Crippen molar-refractivity contribution in [3.05, 3.63) is 29.6 Å². The van der Waals surface area contributed by atoms with Gasteiger partial charge in [0.1, 0.15) is 5.69 Å². The highest BCUT2D eigenvalue weighted by molar-refractivity contribution is 5.93. The van der Waals surface area contributed by atoms with Gasteiger partial charge in [-0.15, -0.1) is 24.8 Å². The van der Waals surface area contributed by atoms with Crippen molar-refractivity contribution in [2.45, 2.75) is 19.9 Å². The highest BCUT2D eigenvalue weighted by Crippen LogP contribution is 2.11. The molecule has 1 amide bonds. The number of aromatic nitrogens is 1. The molecule has 1 atom stereocenters. The first kappa shape index (κ1) is 17.2. The lowest BCUT2D eigenvalue weighted by molar-refractivity contribution is 0.0649. The highest BCUT2D eigenvalue weighted by Gasteiger charge is 2.25. The van der Waals surface area contributed by atoms with Crippen LogP contribution in [0.25, 0.3) is 0 Å². The normalized spacial score (nSPS) is 18.6. The lowest BCUT2D eigenvalue weighted by Gasteiger charge is -2.33. The molecule has 2 heterocycles. The third kappa shape index (κ3) is 3.57. The molecule has 1 N–H and O–H groups in total. The maximum Gasteiger partial charge on any atom is 0.273 e. The molecule has 0 aromatic carbocycles. The van der Waals surface area contributed by atoms with Crippen LogP contribution >= 0.6 is 24.8 Å². The molecule has 0 bridgehead atoms. The van der Waals surface area contributed by atoms with Crippen LogP contribution in [0.3, 0.4) is 0 Å². The molecule has 0 aliphatic carbocycles. The van der Waals surface area contributed by atoms with Crippen LogP contribution in [0.1, 0.15) is 23.0 Å². The van der Waals surface area contributed by atoms with E-state index in [4.69, 9.17) is 0 Å². The second kappa shape index (κ2) is 7.56. The van der Waals surface area contributed by atoms with E-state index in [0.29, 0.717) is 5.69 Å². The van der Waals surface area contributed by atoms with Crippen molar-refractivity contribution in [1.29, 1.82) is 0 Å². The van der Waals surface area contributed by atoms with E-state index in [2.05, 4.69) is 17.2 Å². The summed E-state index contributed by atoms with van der Waals surface area (Å²) in [7, 11) is 0. The lowest BCUT2D eigenvalue weighted by Crippen LogP contribution is -2.52. The molecule has 102 valence electrons. The average Bonchev–Trinajstić information content (AvgIpc) is 2.29. The fourth-order valence-corrected chi connectivity index (χ4v) is 1.99. The number of nitrogens with one attached hydrogen (secondary N) is 1. The number of hydrogen-bond donors (Lipinski definition) is 1. The minimum absolute atomic E-state index is 0. The quantitative estimate of drug-likeness (QED) is 0.856. The van der Waals surface area contributed by atoms with Crippen molar-refractivity contribution in [1.82, 2.24) is 15.2 Å². The standard InChI is InChI=1S/C12H17N3O.2ClH/c1-9-4-3-5-14-11(9)12(16)15-7-6-13-8-10(15)2;;/h3-5,10,13H,6-8H2,1-2H3;2*1H/t10-;;/m1../s1. The summed E-state index contributed by atoms with van der Waals surface area (Å²) >= 11 is 0. The van der Waals surface area contributed by atoms with E-state index >= 15 is 0 Å². The van der Waals surface area contributed by atoms with Gasteiger partial charge in [0.15, 0.2) is 0 Å². The molecule has 0 unspecified atom stereocenters. The lowest BCUT2D eigenvalue weighted by atomic mass is 10.1. The van der Waals surface area contributed by atoms with Gasteiger partial charge in [0, 0.05) is 31.9 Å². The summed E-state index contributed by atoms with van der Waals surface area (Å²) in [6.07, 6.45) is 1.67. The Balaban J connectivity index is 0.00000144. The number of rotatable bonds is 1. The van der Waals surface area contributed by atoms with Crippen molar-refractivity contribution in [2.24, 2.45) is 0 Å². The molecular weight excluding hydrogens is 273 g/mol. The van der Waals surface area contributed by atoms with Gasteiger partial charge in [-0.1, -0.05) is 6.07 Å². The van der Waals surface area contributed by atoms with Gasteiger partial charge >= 0.3 is 0 Å². The zero-order valence-electron chi connectivity index (χ0n) is 10.5. The summed E-state index contributed by atoms with van der Waals surface area (Å²) in [5.41, 5.74) is 1.52. The van der Waals surface area contributed by atoms with Crippen LogP contribution in [0, 0.1) is 6.92 Å². The SMILES string of the molecule is Cc1cccnc1C(=O)N1CCNC[C@H]1C.Cl.Cl. The van der Waals surface area contributed by atoms with Crippen molar-refractivity contribution < 1.29 is 4.79 Å². The Kier molecular flexibility index (Phi) is 7.21. The Bertz CT molecular complexity index is 401. The molecule has 1 aliphatic heterocycles. The van der Waals surface area contributed by atoms with Gasteiger partial charge in [-0.05, 0) is 25.5 Å². The van der Waals surface area contributed by atoms with E-state index in [1.165, 1.54) is 0 Å². The third-order valence-electron chi connectivity index (χ3n) is 2.97. The van der Waals surface area contributed by atoms with Crippen molar-refractivity contribution in [3.63, 3.8) is 0 Å². The molecular formula is C12H19Cl2N3O. The predicted octanol–water partition coefficient (Wildman–Crippen LogP) is 1.67. The number of carbonyl (C=O) groups is 1. The Morgan fingerprint density at radius 2 is 2.22 bits per heavy atom. The monoisotopic (exact) mass is 291 g/mol. The van der Waals surface area contributed by atoms with Gasteiger partial charge in [0.2, 0.25) is 0 Å². The Morgan fingerprint density at radius 3 is 2.83 bits per heavy atom. The molecule has 1 aromatic rings. The van der Waals surface area contributed by atoms with Crippen LogP contribution < -0.4 is 5.32 Å². The summed E-state index contributed by atoms with van der Waals surface area (Å²) in [6, 6.07) is 4.02. The van der Waals surface area contributed by atoms with Crippen molar-refractivity contribution >= 4 is 30.7 Å². The molecule has 0 radical (unpaired) electrons. The van der Waals surface area contributed by atoms with Crippen LogP contribution in [0.4, 0.5) is 0 Å². The number of nitrogens with zero attached hydrogens (tertiary/aromatic N) is 2. The average molecular weight is 292 g/mol. The Labute approximate surface area is 120 Å². The number of carbonyl (C=O) groups excluding carboxylic acids is 1. The number of piperazine rings is 1. The van der Waals surface area contributed by atoms with E-state index in [9.17, 15) is 4.79 Å². The van der Waals surface area contributed by atoms with Gasteiger partial charge in [-0.2, -0.15) is 0 Å². The number of amides is 1. The maximum atomic E-state index is 12.3. The van der Waals surface area contributed by atoms with Crippen LogP contribution in [0.2, 0.25) is 0 Å². The van der Waals surface area contributed by atoms with E-state index in [1.54, 1.807) is 6.20 Å². The van der Waals surface area contributed by atoms with Crippen LogP contribution in [-0.2, 0) is 0 Å². The van der Waals surface area contributed by atoms with E-state index in [-0.39, 0.29) is 36.8 Å². The molecule has 1 saturated heterocycles. The summed E-state index contributed by atoms with van der Waals surface area (Å²) in [5.74, 6) is 0.0482. The topological polar surface area (TPSA) is 45.2 Å².